The maximum atomic E-state index is 5.65. The van der Waals surface area contributed by atoms with Gasteiger partial charge in [-0.05, 0) is 32.2 Å². The smallest absolute Gasteiger partial charge is 0.0657 e. The molecule has 2 fully saturated rings. The highest BCUT2D eigenvalue weighted by atomic mass is 16.5. The van der Waals surface area contributed by atoms with Crippen molar-refractivity contribution in [3.05, 3.63) is 0 Å². The molecule has 0 aliphatic heterocycles. The number of hydrogen-bond donors (Lipinski definition) is 1. The van der Waals surface area contributed by atoms with Crippen LogP contribution in [0.25, 0.3) is 0 Å². The Kier molecular flexibility index (Phi) is 3.68. The second kappa shape index (κ2) is 4.84. The number of hydrogen-bond acceptors (Lipinski definition) is 2. The predicted octanol–water partition coefficient (Wildman–Crippen LogP) is 2.72. The Morgan fingerprint density at radius 3 is 2.60 bits per heavy atom. The topological polar surface area (TPSA) is 21.3 Å². The van der Waals surface area contributed by atoms with Crippen LogP contribution in [0.3, 0.4) is 0 Å². The Labute approximate surface area is 93.8 Å². The fourth-order valence-corrected chi connectivity index (χ4v) is 3.56. The summed E-state index contributed by atoms with van der Waals surface area (Å²) in [4.78, 5) is 0. The molecule has 2 nitrogen and oxygen atoms in total. The van der Waals surface area contributed by atoms with E-state index in [1.54, 1.807) is 0 Å². The van der Waals surface area contributed by atoms with E-state index in [1.165, 1.54) is 51.5 Å². The van der Waals surface area contributed by atoms with Crippen molar-refractivity contribution in [2.45, 2.75) is 64.0 Å². The van der Waals surface area contributed by atoms with Crippen molar-refractivity contribution in [1.82, 2.24) is 5.32 Å². The van der Waals surface area contributed by atoms with Crippen molar-refractivity contribution >= 4 is 0 Å². The number of nitrogens with one attached hydrogen (secondary N) is 1. The van der Waals surface area contributed by atoms with Crippen LogP contribution in [0, 0.1) is 5.41 Å². The summed E-state index contributed by atoms with van der Waals surface area (Å²) in [6.45, 7) is 3.41. The zero-order chi connectivity index (χ0) is 10.7. The third kappa shape index (κ3) is 1.94. The first-order valence-electron chi connectivity index (χ1n) is 6.59. The highest BCUT2D eigenvalue weighted by Crippen LogP contribution is 2.53. The Morgan fingerprint density at radius 2 is 2.00 bits per heavy atom. The molecule has 0 radical (unpaired) electrons. The molecule has 2 aliphatic rings. The van der Waals surface area contributed by atoms with Gasteiger partial charge in [-0.1, -0.05) is 26.2 Å². The van der Waals surface area contributed by atoms with Gasteiger partial charge in [0.2, 0.25) is 0 Å². The Hall–Kier alpha value is -0.0800. The monoisotopic (exact) mass is 211 g/mol. The summed E-state index contributed by atoms with van der Waals surface area (Å²) < 4.78 is 5.65. The fraction of sp³-hybridized carbons (Fsp3) is 1.00. The fourth-order valence-electron chi connectivity index (χ4n) is 3.56. The molecule has 2 heteroatoms. The normalized spacial score (nSPS) is 34.0. The summed E-state index contributed by atoms with van der Waals surface area (Å²) >= 11 is 0. The molecule has 1 N–H and O–H groups in total. The molecule has 1 spiro atoms. The van der Waals surface area contributed by atoms with Crippen molar-refractivity contribution in [1.29, 1.82) is 0 Å². The van der Waals surface area contributed by atoms with E-state index in [-0.39, 0.29) is 0 Å². The largest absolute Gasteiger partial charge is 0.381 e. The predicted molar refractivity (Wildman–Crippen MR) is 63.0 cm³/mol. The lowest BCUT2D eigenvalue weighted by molar-refractivity contribution is -0.137. The van der Waals surface area contributed by atoms with Crippen LogP contribution in [0.15, 0.2) is 0 Å². The van der Waals surface area contributed by atoms with Crippen molar-refractivity contribution in [2.75, 3.05) is 13.7 Å². The minimum absolute atomic E-state index is 0.502. The lowest BCUT2D eigenvalue weighted by Crippen LogP contribution is -2.64. The number of rotatable bonds is 4. The van der Waals surface area contributed by atoms with Crippen LogP contribution in [0.5, 0.6) is 0 Å². The first kappa shape index (κ1) is 11.4. The van der Waals surface area contributed by atoms with E-state index in [4.69, 9.17) is 4.74 Å². The Balaban J connectivity index is 1.95. The van der Waals surface area contributed by atoms with Crippen molar-refractivity contribution in [2.24, 2.45) is 5.41 Å². The van der Waals surface area contributed by atoms with Gasteiger partial charge >= 0.3 is 0 Å². The molecule has 2 atom stereocenters. The lowest BCUT2D eigenvalue weighted by atomic mass is 9.55. The average Bonchev–Trinajstić information content (AvgIpc) is 2.29. The maximum Gasteiger partial charge on any atom is 0.0657 e. The van der Waals surface area contributed by atoms with Gasteiger partial charge in [0.25, 0.3) is 0 Å². The van der Waals surface area contributed by atoms with Crippen LogP contribution in [-0.2, 0) is 4.74 Å². The molecule has 0 aromatic carbocycles. The summed E-state index contributed by atoms with van der Waals surface area (Å²) in [5, 5.41) is 3.71. The van der Waals surface area contributed by atoms with E-state index in [1.807, 2.05) is 7.11 Å². The van der Waals surface area contributed by atoms with E-state index in [0.717, 1.165) is 6.04 Å². The van der Waals surface area contributed by atoms with Gasteiger partial charge in [-0.15, -0.1) is 0 Å². The molecule has 2 unspecified atom stereocenters. The molecule has 2 aliphatic carbocycles. The second-order valence-corrected chi connectivity index (χ2v) is 5.26. The summed E-state index contributed by atoms with van der Waals surface area (Å²) in [5.74, 6) is 0. The molecule has 15 heavy (non-hydrogen) atoms. The average molecular weight is 211 g/mol. The molecule has 2 saturated carbocycles. The highest BCUT2D eigenvalue weighted by Gasteiger charge is 2.54. The molecule has 88 valence electrons. The Morgan fingerprint density at radius 1 is 1.27 bits per heavy atom. The van der Waals surface area contributed by atoms with Gasteiger partial charge in [-0.25, -0.2) is 0 Å². The summed E-state index contributed by atoms with van der Waals surface area (Å²) in [7, 11) is 1.89. The minimum atomic E-state index is 0.502. The first-order chi connectivity index (χ1) is 7.33. The summed E-state index contributed by atoms with van der Waals surface area (Å²) in [6.07, 6.45) is 10.0. The molecule has 0 saturated heterocycles. The highest BCUT2D eigenvalue weighted by molar-refractivity contribution is 5.08. The zero-order valence-electron chi connectivity index (χ0n) is 10.2. The molecule has 0 bridgehead atoms. The lowest BCUT2D eigenvalue weighted by Gasteiger charge is -2.57. The van der Waals surface area contributed by atoms with Crippen LogP contribution in [0.2, 0.25) is 0 Å². The maximum absolute atomic E-state index is 5.65. The van der Waals surface area contributed by atoms with Gasteiger partial charge in [-0.3, -0.25) is 0 Å². The van der Waals surface area contributed by atoms with E-state index >= 15 is 0 Å². The number of methoxy groups -OCH3 is 1. The van der Waals surface area contributed by atoms with Gasteiger partial charge in [0.05, 0.1) is 6.10 Å². The van der Waals surface area contributed by atoms with Gasteiger partial charge in [-0.2, -0.15) is 0 Å². The van der Waals surface area contributed by atoms with Gasteiger partial charge in [0, 0.05) is 18.6 Å². The summed E-state index contributed by atoms with van der Waals surface area (Å²) in [5.41, 5.74) is 0.502. The van der Waals surface area contributed by atoms with Crippen LogP contribution >= 0.6 is 0 Å². The molecule has 2 rings (SSSR count). The molecule has 0 heterocycles. The first-order valence-corrected chi connectivity index (χ1v) is 6.59. The molecule has 0 aromatic heterocycles. The van der Waals surface area contributed by atoms with Crippen molar-refractivity contribution in [3.8, 4) is 0 Å². The second-order valence-electron chi connectivity index (χ2n) is 5.26. The standard InChI is InChI=1S/C13H25NO/c1-3-9-14-11-10-12(15-2)13(11)7-5-4-6-8-13/h11-12,14H,3-10H2,1-2H3. The van der Waals surface area contributed by atoms with E-state index < -0.39 is 0 Å². The van der Waals surface area contributed by atoms with E-state index in [2.05, 4.69) is 12.2 Å². The molecular weight excluding hydrogens is 186 g/mol. The van der Waals surface area contributed by atoms with E-state index in [0.29, 0.717) is 11.5 Å². The summed E-state index contributed by atoms with van der Waals surface area (Å²) in [6, 6.07) is 0.739. The quantitative estimate of drug-likeness (QED) is 0.772. The van der Waals surface area contributed by atoms with Crippen LogP contribution < -0.4 is 5.32 Å². The zero-order valence-corrected chi connectivity index (χ0v) is 10.2. The SMILES string of the molecule is CCCNC1CC(OC)C12CCCCC2. The molecule has 0 amide bonds. The third-order valence-electron chi connectivity index (χ3n) is 4.49. The van der Waals surface area contributed by atoms with Gasteiger partial charge in [0.15, 0.2) is 0 Å². The van der Waals surface area contributed by atoms with Crippen LogP contribution in [0.1, 0.15) is 51.9 Å². The minimum Gasteiger partial charge on any atom is -0.381 e. The Bertz CT molecular complexity index is 197. The van der Waals surface area contributed by atoms with E-state index in [9.17, 15) is 0 Å². The van der Waals surface area contributed by atoms with Crippen LogP contribution in [-0.4, -0.2) is 25.8 Å². The third-order valence-corrected chi connectivity index (χ3v) is 4.49. The molecular formula is C13H25NO. The van der Waals surface area contributed by atoms with Crippen LogP contribution in [0.4, 0.5) is 0 Å². The van der Waals surface area contributed by atoms with Gasteiger partial charge < -0.3 is 10.1 Å². The van der Waals surface area contributed by atoms with Crippen molar-refractivity contribution < 1.29 is 4.74 Å². The number of ether oxygens (including phenoxy) is 1. The molecule has 0 aromatic rings. The van der Waals surface area contributed by atoms with Gasteiger partial charge in [0.1, 0.15) is 0 Å². The van der Waals surface area contributed by atoms with Crippen molar-refractivity contribution in [3.63, 3.8) is 0 Å².